The van der Waals surface area contributed by atoms with Crippen molar-refractivity contribution in [3.63, 3.8) is 0 Å². The number of hydrogen-bond donors (Lipinski definition) is 1. The van der Waals surface area contributed by atoms with Gasteiger partial charge in [-0.05, 0) is 65.7 Å². The lowest BCUT2D eigenvalue weighted by Gasteiger charge is -2.47. The zero-order valence-electron chi connectivity index (χ0n) is 12.4. The fourth-order valence-electron chi connectivity index (χ4n) is 3.65. The van der Waals surface area contributed by atoms with Crippen molar-refractivity contribution in [3.05, 3.63) is 0 Å². The summed E-state index contributed by atoms with van der Waals surface area (Å²) in [5, 5.41) is 3.49. The Morgan fingerprint density at radius 1 is 1.11 bits per heavy atom. The minimum Gasteiger partial charge on any atom is -0.477 e. The van der Waals surface area contributed by atoms with Crippen molar-refractivity contribution in [2.24, 2.45) is 4.99 Å². The summed E-state index contributed by atoms with van der Waals surface area (Å²) in [6, 6.07) is 0. The van der Waals surface area contributed by atoms with Crippen LogP contribution in [0, 0.1) is 0 Å². The third-order valence-electron chi connectivity index (χ3n) is 4.76. The third-order valence-corrected chi connectivity index (χ3v) is 4.76. The third kappa shape index (κ3) is 2.52. The summed E-state index contributed by atoms with van der Waals surface area (Å²) in [7, 11) is 0. The molecular formula is C15H27N3O. The van der Waals surface area contributed by atoms with E-state index in [1.54, 1.807) is 0 Å². The molecule has 0 atom stereocenters. The van der Waals surface area contributed by atoms with Crippen molar-refractivity contribution in [2.75, 3.05) is 32.8 Å². The quantitative estimate of drug-likeness (QED) is 0.827. The summed E-state index contributed by atoms with van der Waals surface area (Å²) in [6.07, 6.45) is 6.31. The van der Waals surface area contributed by atoms with Crippen LogP contribution in [0.5, 0.6) is 0 Å². The highest BCUT2D eigenvalue weighted by molar-refractivity contribution is 5.88. The van der Waals surface area contributed by atoms with Crippen LogP contribution < -0.4 is 5.32 Å². The molecule has 0 unspecified atom stereocenters. The number of nitrogens with zero attached hydrogens (tertiary/aromatic N) is 2. The van der Waals surface area contributed by atoms with Crippen molar-refractivity contribution in [1.82, 2.24) is 10.2 Å². The van der Waals surface area contributed by atoms with Gasteiger partial charge in [0.2, 0.25) is 5.90 Å². The van der Waals surface area contributed by atoms with Crippen LogP contribution in [-0.4, -0.2) is 54.7 Å². The largest absolute Gasteiger partial charge is 0.477 e. The Kier molecular flexibility index (Phi) is 3.56. The lowest BCUT2D eigenvalue weighted by Crippen LogP contribution is -2.60. The highest BCUT2D eigenvalue weighted by Crippen LogP contribution is 2.35. The number of nitrogens with one attached hydrogen (secondary N) is 1. The first-order chi connectivity index (χ1) is 9.12. The predicted molar refractivity (Wildman–Crippen MR) is 77.7 cm³/mol. The van der Waals surface area contributed by atoms with Gasteiger partial charge >= 0.3 is 0 Å². The van der Waals surface area contributed by atoms with Gasteiger partial charge in [0.1, 0.15) is 6.61 Å². The van der Waals surface area contributed by atoms with Gasteiger partial charge in [0, 0.05) is 0 Å². The maximum Gasteiger partial charge on any atom is 0.205 e. The van der Waals surface area contributed by atoms with Gasteiger partial charge in [-0.25, -0.2) is 4.99 Å². The van der Waals surface area contributed by atoms with E-state index in [9.17, 15) is 0 Å². The Balaban J connectivity index is 1.88. The molecule has 0 radical (unpaired) electrons. The molecule has 0 saturated carbocycles. The van der Waals surface area contributed by atoms with Crippen LogP contribution in [0.1, 0.15) is 46.0 Å². The average molecular weight is 265 g/mol. The molecule has 3 aliphatic heterocycles. The topological polar surface area (TPSA) is 36.9 Å². The van der Waals surface area contributed by atoms with Crippen LogP contribution in [0.4, 0.5) is 0 Å². The molecule has 0 aromatic carbocycles. The SMILES string of the molecule is CC1(C)COC(C2(N3CCCCC3)CCNCC2)=N1. The van der Waals surface area contributed by atoms with Crippen LogP contribution in [0.3, 0.4) is 0 Å². The standard InChI is InChI=1S/C15H27N3O/c1-14(2)12-19-13(17-14)15(6-8-16-9-7-15)18-10-4-3-5-11-18/h16H,3-12H2,1-2H3. The molecule has 0 aromatic heterocycles. The Morgan fingerprint density at radius 2 is 1.79 bits per heavy atom. The van der Waals surface area contributed by atoms with E-state index in [0.29, 0.717) is 0 Å². The molecule has 2 fully saturated rings. The molecule has 3 aliphatic rings. The number of likely N-dealkylation sites (tertiary alicyclic amines) is 1. The van der Waals surface area contributed by atoms with Gasteiger partial charge in [-0.1, -0.05) is 6.42 Å². The smallest absolute Gasteiger partial charge is 0.205 e. The first kappa shape index (κ1) is 13.4. The number of ether oxygens (including phenoxy) is 1. The van der Waals surface area contributed by atoms with E-state index in [0.717, 1.165) is 38.4 Å². The molecule has 0 aliphatic carbocycles. The maximum absolute atomic E-state index is 6.04. The predicted octanol–water partition coefficient (Wildman–Crippen LogP) is 1.80. The molecule has 4 heteroatoms. The maximum atomic E-state index is 6.04. The number of piperidine rings is 2. The zero-order valence-corrected chi connectivity index (χ0v) is 12.4. The van der Waals surface area contributed by atoms with Gasteiger partial charge in [0.05, 0.1) is 11.1 Å². The first-order valence-corrected chi connectivity index (χ1v) is 7.81. The molecular weight excluding hydrogens is 238 g/mol. The van der Waals surface area contributed by atoms with Crippen molar-refractivity contribution in [3.8, 4) is 0 Å². The van der Waals surface area contributed by atoms with E-state index in [4.69, 9.17) is 9.73 Å². The van der Waals surface area contributed by atoms with Gasteiger partial charge < -0.3 is 10.1 Å². The van der Waals surface area contributed by atoms with Crippen molar-refractivity contribution >= 4 is 5.90 Å². The Labute approximate surface area is 116 Å². The highest BCUT2D eigenvalue weighted by atomic mass is 16.5. The molecule has 2 saturated heterocycles. The highest BCUT2D eigenvalue weighted by Gasteiger charge is 2.47. The van der Waals surface area contributed by atoms with Gasteiger partial charge in [-0.3, -0.25) is 4.90 Å². The lowest BCUT2D eigenvalue weighted by molar-refractivity contribution is 0.0726. The van der Waals surface area contributed by atoms with Crippen LogP contribution in [0.15, 0.2) is 4.99 Å². The van der Waals surface area contributed by atoms with Crippen molar-refractivity contribution in [2.45, 2.75) is 57.0 Å². The molecule has 0 amide bonds. The summed E-state index contributed by atoms with van der Waals surface area (Å²) in [5.74, 6) is 1.03. The fourth-order valence-corrected chi connectivity index (χ4v) is 3.65. The van der Waals surface area contributed by atoms with Crippen molar-refractivity contribution in [1.29, 1.82) is 0 Å². The summed E-state index contributed by atoms with van der Waals surface area (Å²) in [4.78, 5) is 7.58. The summed E-state index contributed by atoms with van der Waals surface area (Å²) in [6.45, 7) is 9.67. The van der Waals surface area contributed by atoms with Crippen molar-refractivity contribution < 1.29 is 4.74 Å². The van der Waals surface area contributed by atoms with Crippen LogP contribution in [0.2, 0.25) is 0 Å². The van der Waals surface area contributed by atoms with Crippen LogP contribution in [-0.2, 0) is 4.74 Å². The van der Waals surface area contributed by atoms with Crippen LogP contribution >= 0.6 is 0 Å². The summed E-state index contributed by atoms with van der Waals surface area (Å²) >= 11 is 0. The second-order valence-electron chi connectivity index (χ2n) is 6.85. The second kappa shape index (κ2) is 5.06. The lowest BCUT2D eigenvalue weighted by atomic mass is 9.84. The molecule has 108 valence electrons. The van der Waals surface area contributed by atoms with Crippen LogP contribution in [0.25, 0.3) is 0 Å². The Bertz CT molecular complexity index is 352. The van der Waals surface area contributed by atoms with E-state index in [2.05, 4.69) is 24.1 Å². The number of rotatable bonds is 2. The Morgan fingerprint density at radius 3 is 2.37 bits per heavy atom. The fraction of sp³-hybridized carbons (Fsp3) is 0.933. The van der Waals surface area contributed by atoms with E-state index < -0.39 is 0 Å². The van der Waals surface area contributed by atoms with E-state index >= 15 is 0 Å². The molecule has 0 spiro atoms. The van der Waals surface area contributed by atoms with E-state index in [1.165, 1.54) is 32.4 Å². The van der Waals surface area contributed by atoms with Gasteiger partial charge in [-0.15, -0.1) is 0 Å². The Hall–Kier alpha value is -0.610. The average Bonchev–Trinajstić information content (AvgIpc) is 2.81. The van der Waals surface area contributed by atoms with E-state index in [1.807, 2.05) is 0 Å². The molecule has 3 heterocycles. The number of hydrogen-bond acceptors (Lipinski definition) is 4. The van der Waals surface area contributed by atoms with E-state index in [-0.39, 0.29) is 11.1 Å². The zero-order chi connectivity index (χ0) is 13.3. The summed E-state index contributed by atoms with van der Waals surface area (Å²) < 4.78 is 6.04. The second-order valence-corrected chi connectivity index (χ2v) is 6.85. The molecule has 1 N–H and O–H groups in total. The van der Waals surface area contributed by atoms with Gasteiger partial charge in [0.25, 0.3) is 0 Å². The monoisotopic (exact) mass is 265 g/mol. The normalized spacial score (nSPS) is 30.7. The molecule has 0 aromatic rings. The molecule has 4 nitrogen and oxygen atoms in total. The first-order valence-electron chi connectivity index (χ1n) is 7.81. The summed E-state index contributed by atoms with van der Waals surface area (Å²) in [5.41, 5.74) is 0.0441. The molecule has 19 heavy (non-hydrogen) atoms. The molecule has 0 bridgehead atoms. The minimum absolute atomic E-state index is 0.0387. The minimum atomic E-state index is -0.0387. The molecule has 3 rings (SSSR count). The number of aliphatic imine (C=N–C) groups is 1. The van der Waals surface area contributed by atoms with Gasteiger partial charge in [-0.2, -0.15) is 0 Å². The van der Waals surface area contributed by atoms with Gasteiger partial charge in [0.15, 0.2) is 0 Å².